The second-order valence-corrected chi connectivity index (χ2v) is 7.14. The van der Waals surface area contributed by atoms with E-state index in [2.05, 4.69) is 64.8 Å². The highest BCUT2D eigenvalue weighted by Crippen LogP contribution is 2.32. The average molecular weight is 351 g/mol. The summed E-state index contributed by atoms with van der Waals surface area (Å²) in [4.78, 5) is 2.59. The smallest absolute Gasteiger partial charge is 0.0602 e. The summed E-state index contributed by atoms with van der Waals surface area (Å²) in [6.45, 7) is 4.30. The Morgan fingerprint density at radius 1 is 0.800 bits per heavy atom. The third-order valence-corrected chi connectivity index (χ3v) is 5.27. The van der Waals surface area contributed by atoms with E-state index in [1.165, 1.54) is 28.3 Å². The van der Waals surface area contributed by atoms with E-state index in [1.807, 2.05) is 12.1 Å². The lowest BCUT2D eigenvalue weighted by atomic mass is 9.94. The first-order valence-corrected chi connectivity index (χ1v) is 9.38. The van der Waals surface area contributed by atoms with E-state index in [-0.39, 0.29) is 6.04 Å². The zero-order valence-electron chi connectivity index (χ0n) is 14.3. The van der Waals surface area contributed by atoms with Gasteiger partial charge in [0.25, 0.3) is 0 Å². The summed E-state index contributed by atoms with van der Waals surface area (Å²) in [5.41, 5.74) is 2.66. The molecule has 1 saturated heterocycles. The fraction of sp³-hybridized carbons (Fsp3) is 0.273. The standard InChI is InChI=1S/C22H23ClN2/c23-21-10-8-18(9-11-21)22(25-14-3-12-24-13-15-25)20-7-6-17-4-1-2-5-19(17)16-20/h1-2,4-11,16,22,24H,3,12-15H2. The first-order chi connectivity index (χ1) is 12.3. The van der Waals surface area contributed by atoms with E-state index >= 15 is 0 Å². The first-order valence-electron chi connectivity index (χ1n) is 9.00. The number of rotatable bonds is 3. The summed E-state index contributed by atoms with van der Waals surface area (Å²) in [6.07, 6.45) is 1.18. The molecule has 0 bridgehead atoms. The van der Waals surface area contributed by atoms with Gasteiger partial charge in [0.15, 0.2) is 0 Å². The topological polar surface area (TPSA) is 15.3 Å². The highest BCUT2D eigenvalue weighted by Gasteiger charge is 2.23. The Hall–Kier alpha value is -1.87. The molecule has 1 unspecified atom stereocenters. The second-order valence-electron chi connectivity index (χ2n) is 6.70. The SMILES string of the molecule is Clc1ccc(C(c2ccc3ccccc3c2)N2CCCNCC2)cc1. The van der Waals surface area contributed by atoms with Crippen LogP contribution < -0.4 is 5.32 Å². The van der Waals surface area contributed by atoms with Crippen molar-refractivity contribution in [2.24, 2.45) is 0 Å². The molecule has 0 amide bonds. The Morgan fingerprint density at radius 2 is 1.56 bits per heavy atom. The molecule has 3 heteroatoms. The third kappa shape index (κ3) is 3.72. The lowest BCUT2D eigenvalue weighted by Crippen LogP contribution is -2.33. The summed E-state index contributed by atoms with van der Waals surface area (Å²) in [7, 11) is 0. The number of benzene rings is 3. The Labute approximate surface area is 154 Å². The third-order valence-electron chi connectivity index (χ3n) is 5.01. The van der Waals surface area contributed by atoms with E-state index in [9.17, 15) is 0 Å². The minimum Gasteiger partial charge on any atom is -0.315 e. The van der Waals surface area contributed by atoms with Crippen LogP contribution in [0.2, 0.25) is 5.02 Å². The summed E-state index contributed by atoms with van der Waals surface area (Å²) in [5, 5.41) is 6.89. The van der Waals surface area contributed by atoms with Gasteiger partial charge in [0.1, 0.15) is 0 Å². The molecule has 0 aliphatic carbocycles. The maximum atomic E-state index is 6.13. The Kier molecular flexibility index (Phi) is 5.02. The van der Waals surface area contributed by atoms with Crippen molar-refractivity contribution in [3.05, 3.63) is 82.9 Å². The number of hydrogen-bond acceptors (Lipinski definition) is 2. The van der Waals surface area contributed by atoms with Crippen molar-refractivity contribution < 1.29 is 0 Å². The first kappa shape index (κ1) is 16.6. The molecule has 1 fully saturated rings. The minimum atomic E-state index is 0.266. The van der Waals surface area contributed by atoms with Crippen LogP contribution in [0.3, 0.4) is 0 Å². The normalized spacial score (nSPS) is 17.3. The molecule has 1 aliphatic rings. The zero-order valence-corrected chi connectivity index (χ0v) is 15.0. The number of hydrogen-bond donors (Lipinski definition) is 1. The summed E-state index contributed by atoms with van der Waals surface area (Å²) in [5.74, 6) is 0. The molecule has 1 N–H and O–H groups in total. The molecule has 2 nitrogen and oxygen atoms in total. The van der Waals surface area contributed by atoms with Crippen LogP contribution in [0.1, 0.15) is 23.6 Å². The lowest BCUT2D eigenvalue weighted by Gasteiger charge is -2.31. The van der Waals surface area contributed by atoms with E-state index in [1.54, 1.807) is 0 Å². The molecule has 1 atom stereocenters. The molecular weight excluding hydrogens is 328 g/mol. The van der Waals surface area contributed by atoms with E-state index < -0.39 is 0 Å². The van der Waals surface area contributed by atoms with Gasteiger partial charge in [-0.3, -0.25) is 4.90 Å². The van der Waals surface area contributed by atoms with Crippen LogP contribution in [-0.2, 0) is 0 Å². The van der Waals surface area contributed by atoms with Gasteiger partial charge in [-0.1, -0.05) is 60.1 Å². The van der Waals surface area contributed by atoms with Crippen LogP contribution in [-0.4, -0.2) is 31.1 Å². The van der Waals surface area contributed by atoms with Crippen molar-refractivity contribution in [1.82, 2.24) is 10.2 Å². The van der Waals surface area contributed by atoms with Crippen LogP contribution in [0.25, 0.3) is 10.8 Å². The van der Waals surface area contributed by atoms with Gasteiger partial charge in [-0.2, -0.15) is 0 Å². The van der Waals surface area contributed by atoms with Gasteiger partial charge in [0.2, 0.25) is 0 Å². The van der Waals surface area contributed by atoms with Crippen LogP contribution in [0.4, 0.5) is 0 Å². The number of nitrogens with one attached hydrogen (secondary N) is 1. The van der Waals surface area contributed by atoms with Crippen molar-refractivity contribution in [2.45, 2.75) is 12.5 Å². The molecule has 3 aromatic rings. The molecular formula is C22H23ClN2. The van der Waals surface area contributed by atoms with Gasteiger partial charge in [-0.15, -0.1) is 0 Å². The molecule has 0 radical (unpaired) electrons. The molecule has 4 rings (SSSR count). The lowest BCUT2D eigenvalue weighted by molar-refractivity contribution is 0.241. The van der Waals surface area contributed by atoms with Gasteiger partial charge in [-0.25, -0.2) is 0 Å². The number of fused-ring (bicyclic) bond motifs is 1. The van der Waals surface area contributed by atoms with E-state index in [0.717, 1.165) is 31.2 Å². The highest BCUT2D eigenvalue weighted by molar-refractivity contribution is 6.30. The van der Waals surface area contributed by atoms with Gasteiger partial charge < -0.3 is 5.32 Å². The average Bonchev–Trinajstić information content (AvgIpc) is 2.93. The molecule has 0 saturated carbocycles. The van der Waals surface area contributed by atoms with E-state index in [4.69, 9.17) is 11.6 Å². The maximum Gasteiger partial charge on any atom is 0.0602 e. The monoisotopic (exact) mass is 350 g/mol. The second kappa shape index (κ2) is 7.57. The molecule has 1 heterocycles. The molecule has 1 aliphatic heterocycles. The van der Waals surface area contributed by atoms with Crippen molar-refractivity contribution >= 4 is 22.4 Å². The van der Waals surface area contributed by atoms with Gasteiger partial charge in [0.05, 0.1) is 6.04 Å². The van der Waals surface area contributed by atoms with Gasteiger partial charge in [-0.05, 0) is 53.1 Å². The minimum absolute atomic E-state index is 0.266. The quantitative estimate of drug-likeness (QED) is 0.724. The Morgan fingerprint density at radius 3 is 2.40 bits per heavy atom. The fourth-order valence-corrected chi connectivity index (χ4v) is 3.89. The predicted octanol–water partition coefficient (Wildman–Crippen LogP) is 4.88. The van der Waals surface area contributed by atoms with Crippen molar-refractivity contribution in [3.63, 3.8) is 0 Å². The highest BCUT2D eigenvalue weighted by atomic mass is 35.5. The maximum absolute atomic E-state index is 6.13. The van der Waals surface area contributed by atoms with Gasteiger partial charge >= 0.3 is 0 Å². The van der Waals surface area contributed by atoms with Crippen LogP contribution in [0.5, 0.6) is 0 Å². The molecule has 0 spiro atoms. The van der Waals surface area contributed by atoms with Gasteiger partial charge in [0, 0.05) is 24.7 Å². The van der Waals surface area contributed by atoms with Crippen LogP contribution in [0, 0.1) is 0 Å². The van der Waals surface area contributed by atoms with Crippen LogP contribution >= 0.6 is 11.6 Å². The van der Waals surface area contributed by atoms with Crippen LogP contribution in [0.15, 0.2) is 66.7 Å². The number of halogens is 1. The molecule has 128 valence electrons. The van der Waals surface area contributed by atoms with Crippen molar-refractivity contribution in [1.29, 1.82) is 0 Å². The summed E-state index contributed by atoms with van der Waals surface area (Å²) < 4.78 is 0. The Bertz CT molecular complexity index is 836. The van der Waals surface area contributed by atoms with E-state index in [0.29, 0.717) is 0 Å². The molecule has 25 heavy (non-hydrogen) atoms. The summed E-state index contributed by atoms with van der Waals surface area (Å²) >= 11 is 6.13. The molecule has 3 aromatic carbocycles. The largest absolute Gasteiger partial charge is 0.315 e. The predicted molar refractivity (Wildman–Crippen MR) is 106 cm³/mol. The molecule has 0 aromatic heterocycles. The zero-order chi connectivity index (χ0) is 17.1. The van der Waals surface area contributed by atoms with Crippen molar-refractivity contribution in [2.75, 3.05) is 26.2 Å². The number of nitrogens with zero attached hydrogens (tertiary/aromatic N) is 1. The summed E-state index contributed by atoms with van der Waals surface area (Å²) in [6, 6.07) is 24.0. The fourth-order valence-electron chi connectivity index (χ4n) is 3.76. The van der Waals surface area contributed by atoms with Crippen molar-refractivity contribution in [3.8, 4) is 0 Å². The Balaban J connectivity index is 1.78.